The van der Waals surface area contributed by atoms with Gasteiger partial charge in [-0.1, -0.05) is 6.07 Å². The molecule has 0 amide bonds. The van der Waals surface area contributed by atoms with Crippen LogP contribution in [0.4, 0.5) is 14.5 Å². The van der Waals surface area contributed by atoms with Gasteiger partial charge < -0.3 is 15.0 Å². The van der Waals surface area contributed by atoms with Crippen LogP contribution in [0.15, 0.2) is 42.7 Å². The molecule has 0 radical (unpaired) electrons. The van der Waals surface area contributed by atoms with Gasteiger partial charge in [0.2, 0.25) is 0 Å². The lowest BCUT2D eigenvalue weighted by Gasteiger charge is -2.29. The van der Waals surface area contributed by atoms with E-state index in [1.54, 1.807) is 11.2 Å². The Morgan fingerprint density at radius 3 is 2.83 bits per heavy atom. The molecular formula is C16H14F2N4O. The first-order valence-corrected chi connectivity index (χ1v) is 7.21. The summed E-state index contributed by atoms with van der Waals surface area (Å²) in [6, 6.07) is 9.05. The fourth-order valence-electron chi connectivity index (χ4n) is 2.98. The van der Waals surface area contributed by atoms with Gasteiger partial charge in [-0.15, -0.1) is 0 Å². The summed E-state index contributed by atoms with van der Waals surface area (Å²) in [5.41, 5.74) is 3.00. The van der Waals surface area contributed by atoms with Crippen molar-refractivity contribution in [2.45, 2.75) is 12.4 Å². The minimum Gasteiger partial charge on any atom is -0.361 e. The standard InChI is InChI=1S/C16H14F2N4O/c17-11-3-1-9(5-12(11)18)15-7-19-16(23)22(15)10-2-4-13-14(6-10)21-8-20-13/h1-6,8,15-16,19,23H,7H2,(H,20,21). The van der Waals surface area contributed by atoms with E-state index in [1.165, 1.54) is 12.1 Å². The van der Waals surface area contributed by atoms with Crippen molar-refractivity contribution in [2.75, 3.05) is 11.4 Å². The molecule has 1 fully saturated rings. The lowest BCUT2D eigenvalue weighted by atomic mass is 10.1. The van der Waals surface area contributed by atoms with Crippen molar-refractivity contribution >= 4 is 16.7 Å². The van der Waals surface area contributed by atoms with Crippen LogP contribution in [0.25, 0.3) is 11.0 Å². The molecule has 0 saturated carbocycles. The molecule has 2 atom stereocenters. The molecule has 3 aromatic rings. The molecule has 2 heterocycles. The van der Waals surface area contributed by atoms with Gasteiger partial charge in [-0.2, -0.15) is 0 Å². The van der Waals surface area contributed by atoms with Crippen LogP contribution >= 0.6 is 0 Å². The van der Waals surface area contributed by atoms with E-state index in [-0.39, 0.29) is 6.04 Å². The van der Waals surface area contributed by atoms with Gasteiger partial charge >= 0.3 is 0 Å². The number of aromatic nitrogens is 2. The number of benzene rings is 2. The Kier molecular flexibility index (Phi) is 3.24. The van der Waals surface area contributed by atoms with E-state index in [1.807, 2.05) is 18.2 Å². The lowest BCUT2D eigenvalue weighted by Crippen LogP contribution is -2.36. The third kappa shape index (κ3) is 2.34. The highest BCUT2D eigenvalue weighted by Crippen LogP contribution is 2.33. The number of nitrogens with zero attached hydrogens (tertiary/aromatic N) is 2. The van der Waals surface area contributed by atoms with Crippen LogP contribution in [-0.2, 0) is 0 Å². The zero-order chi connectivity index (χ0) is 16.0. The number of aliphatic hydroxyl groups is 1. The van der Waals surface area contributed by atoms with Gasteiger partial charge in [-0.25, -0.2) is 13.8 Å². The van der Waals surface area contributed by atoms with Crippen molar-refractivity contribution in [1.29, 1.82) is 0 Å². The highest BCUT2D eigenvalue weighted by molar-refractivity contribution is 5.79. The molecule has 7 heteroatoms. The van der Waals surface area contributed by atoms with Gasteiger partial charge in [-0.05, 0) is 35.9 Å². The van der Waals surface area contributed by atoms with Crippen molar-refractivity contribution in [3.8, 4) is 0 Å². The second kappa shape index (κ2) is 5.29. The monoisotopic (exact) mass is 316 g/mol. The van der Waals surface area contributed by atoms with Gasteiger partial charge in [-0.3, -0.25) is 5.32 Å². The molecule has 5 nitrogen and oxygen atoms in total. The number of anilines is 1. The maximum Gasteiger partial charge on any atom is 0.184 e. The third-order valence-corrected chi connectivity index (χ3v) is 4.12. The summed E-state index contributed by atoms with van der Waals surface area (Å²) in [5, 5.41) is 13.2. The van der Waals surface area contributed by atoms with Crippen LogP contribution in [0.1, 0.15) is 11.6 Å². The number of fused-ring (bicyclic) bond motifs is 1. The lowest BCUT2D eigenvalue weighted by molar-refractivity contribution is 0.161. The number of H-pyrrole nitrogens is 1. The van der Waals surface area contributed by atoms with E-state index in [0.29, 0.717) is 12.1 Å². The highest BCUT2D eigenvalue weighted by atomic mass is 19.2. The fourth-order valence-corrected chi connectivity index (χ4v) is 2.98. The van der Waals surface area contributed by atoms with E-state index < -0.39 is 18.0 Å². The first-order valence-electron chi connectivity index (χ1n) is 7.21. The van der Waals surface area contributed by atoms with Crippen molar-refractivity contribution in [3.05, 3.63) is 59.9 Å². The Balaban J connectivity index is 1.75. The number of imidazole rings is 1. The van der Waals surface area contributed by atoms with Crippen LogP contribution in [0.5, 0.6) is 0 Å². The van der Waals surface area contributed by atoms with Gasteiger partial charge in [0.25, 0.3) is 0 Å². The Labute approximate surface area is 130 Å². The van der Waals surface area contributed by atoms with Gasteiger partial charge in [0.05, 0.1) is 23.4 Å². The zero-order valence-electron chi connectivity index (χ0n) is 12.0. The largest absolute Gasteiger partial charge is 0.361 e. The summed E-state index contributed by atoms with van der Waals surface area (Å²) < 4.78 is 26.7. The quantitative estimate of drug-likeness (QED) is 0.679. The van der Waals surface area contributed by atoms with Crippen molar-refractivity contribution in [1.82, 2.24) is 15.3 Å². The Hall–Kier alpha value is -2.51. The van der Waals surface area contributed by atoms with Gasteiger partial charge in [0.1, 0.15) is 0 Å². The Morgan fingerprint density at radius 2 is 2.00 bits per heavy atom. The normalized spacial score (nSPS) is 21.3. The number of aromatic amines is 1. The molecule has 0 spiro atoms. The van der Waals surface area contributed by atoms with Crippen LogP contribution < -0.4 is 10.2 Å². The second-order valence-electron chi connectivity index (χ2n) is 5.48. The Morgan fingerprint density at radius 1 is 1.13 bits per heavy atom. The molecular weight excluding hydrogens is 302 g/mol. The third-order valence-electron chi connectivity index (χ3n) is 4.12. The SMILES string of the molecule is OC1NCC(c2ccc(F)c(F)c2)N1c1ccc2[nH]cnc2c1. The van der Waals surface area contributed by atoms with Crippen LogP contribution in [0, 0.1) is 11.6 Å². The smallest absolute Gasteiger partial charge is 0.184 e. The molecule has 0 bridgehead atoms. The van der Waals surface area contributed by atoms with Crippen molar-refractivity contribution in [3.63, 3.8) is 0 Å². The molecule has 3 N–H and O–H groups in total. The molecule has 118 valence electrons. The first kappa shape index (κ1) is 14.1. The minimum atomic E-state index is -0.912. The number of hydrogen-bond acceptors (Lipinski definition) is 4. The second-order valence-corrected chi connectivity index (χ2v) is 5.48. The topological polar surface area (TPSA) is 64.2 Å². The predicted octanol–water partition coefficient (Wildman–Crippen LogP) is 2.27. The first-order chi connectivity index (χ1) is 11.1. The van der Waals surface area contributed by atoms with Gasteiger partial charge in [0.15, 0.2) is 18.0 Å². The number of hydrogen-bond donors (Lipinski definition) is 3. The van der Waals surface area contributed by atoms with Crippen molar-refractivity contribution in [2.24, 2.45) is 0 Å². The van der Waals surface area contributed by atoms with Crippen LogP contribution in [-0.4, -0.2) is 28.0 Å². The van der Waals surface area contributed by atoms with Gasteiger partial charge in [0, 0.05) is 12.2 Å². The Bertz CT molecular complexity index is 866. The van der Waals surface area contributed by atoms with E-state index in [4.69, 9.17) is 0 Å². The molecule has 4 rings (SSSR count). The number of aliphatic hydroxyl groups excluding tert-OH is 1. The maximum atomic E-state index is 13.5. The summed E-state index contributed by atoms with van der Waals surface area (Å²) in [6.45, 7) is 0.421. The summed E-state index contributed by atoms with van der Waals surface area (Å²) >= 11 is 0. The summed E-state index contributed by atoms with van der Waals surface area (Å²) in [4.78, 5) is 8.93. The highest BCUT2D eigenvalue weighted by Gasteiger charge is 2.33. The van der Waals surface area contributed by atoms with Crippen molar-refractivity contribution < 1.29 is 13.9 Å². The molecule has 1 aliphatic heterocycles. The summed E-state index contributed by atoms with van der Waals surface area (Å²) in [6.07, 6.45) is 0.685. The van der Waals surface area contributed by atoms with E-state index in [9.17, 15) is 13.9 Å². The minimum absolute atomic E-state index is 0.309. The molecule has 0 aliphatic carbocycles. The average Bonchev–Trinajstić information content (AvgIpc) is 3.15. The molecule has 1 aromatic heterocycles. The predicted molar refractivity (Wildman–Crippen MR) is 81.7 cm³/mol. The molecule has 2 aromatic carbocycles. The van der Waals surface area contributed by atoms with Crippen LogP contribution in [0.2, 0.25) is 0 Å². The zero-order valence-corrected chi connectivity index (χ0v) is 12.0. The summed E-state index contributed by atoms with van der Waals surface area (Å²) in [5.74, 6) is -1.78. The van der Waals surface area contributed by atoms with Crippen LogP contribution in [0.3, 0.4) is 0 Å². The fraction of sp³-hybridized carbons (Fsp3) is 0.188. The molecule has 1 aliphatic rings. The number of nitrogens with one attached hydrogen (secondary N) is 2. The van der Waals surface area contributed by atoms with E-state index >= 15 is 0 Å². The molecule has 23 heavy (non-hydrogen) atoms. The molecule has 1 saturated heterocycles. The van der Waals surface area contributed by atoms with E-state index in [0.717, 1.165) is 22.8 Å². The number of rotatable bonds is 2. The maximum absolute atomic E-state index is 13.5. The number of halogens is 2. The van der Waals surface area contributed by atoms with E-state index in [2.05, 4.69) is 15.3 Å². The average molecular weight is 316 g/mol. The summed E-state index contributed by atoms with van der Waals surface area (Å²) in [7, 11) is 0. The molecule has 2 unspecified atom stereocenters.